The fourth-order valence-electron chi connectivity index (χ4n) is 1.97. The minimum atomic E-state index is -3.86. The van der Waals surface area contributed by atoms with Crippen LogP contribution in [-0.2, 0) is 14.8 Å². The van der Waals surface area contributed by atoms with E-state index < -0.39 is 22.1 Å². The number of aliphatic hydroxyl groups is 1. The second kappa shape index (κ2) is 6.14. The van der Waals surface area contributed by atoms with Crippen LogP contribution in [0.5, 0.6) is 0 Å². The molecule has 3 N–H and O–H groups in total. The lowest BCUT2D eigenvalue weighted by atomic mass is 10.4. The lowest BCUT2D eigenvalue weighted by molar-refractivity contribution is 0.0678. The summed E-state index contributed by atoms with van der Waals surface area (Å²) in [5, 5.41) is 18.6. The number of ether oxygens (including phenoxy) is 1. The number of aromatic carboxylic acids is 1. The highest BCUT2D eigenvalue weighted by Crippen LogP contribution is 2.37. The van der Waals surface area contributed by atoms with Gasteiger partial charge < -0.3 is 19.5 Å². The summed E-state index contributed by atoms with van der Waals surface area (Å²) in [7, 11) is -2.47. The van der Waals surface area contributed by atoms with Gasteiger partial charge in [0.2, 0.25) is 10.0 Å². The smallest absolute Gasteiger partial charge is 0.352 e. The van der Waals surface area contributed by atoms with E-state index in [-0.39, 0.29) is 29.8 Å². The SMILES string of the molecule is COCC(O)CNS(=O)(=O)c1cc(C(=O)O)n(C2CC2)c1. The Morgan fingerprint density at radius 2 is 2.24 bits per heavy atom. The summed E-state index contributed by atoms with van der Waals surface area (Å²) in [6.07, 6.45) is 2.05. The first-order valence-corrected chi connectivity index (χ1v) is 7.95. The Hall–Kier alpha value is -1.42. The van der Waals surface area contributed by atoms with Gasteiger partial charge in [-0.15, -0.1) is 0 Å². The van der Waals surface area contributed by atoms with Crippen molar-refractivity contribution in [3.63, 3.8) is 0 Å². The van der Waals surface area contributed by atoms with Gasteiger partial charge in [-0.1, -0.05) is 0 Å². The van der Waals surface area contributed by atoms with E-state index in [2.05, 4.69) is 4.72 Å². The summed E-state index contributed by atoms with van der Waals surface area (Å²) in [6.45, 7) is -0.195. The Labute approximate surface area is 122 Å². The van der Waals surface area contributed by atoms with Crippen molar-refractivity contribution in [2.75, 3.05) is 20.3 Å². The number of carboxylic acid groups (broad SMARTS) is 1. The number of aromatic nitrogens is 1. The molecule has 2 rings (SSSR count). The third-order valence-electron chi connectivity index (χ3n) is 3.16. The Morgan fingerprint density at radius 1 is 1.57 bits per heavy atom. The molecular weight excluding hydrogens is 300 g/mol. The molecule has 1 heterocycles. The number of hydrogen-bond donors (Lipinski definition) is 3. The van der Waals surface area contributed by atoms with Crippen LogP contribution in [0.2, 0.25) is 0 Å². The molecule has 0 radical (unpaired) electrons. The summed E-state index contributed by atoms with van der Waals surface area (Å²) >= 11 is 0. The van der Waals surface area contributed by atoms with Crippen LogP contribution in [-0.4, -0.2) is 55.5 Å². The van der Waals surface area contributed by atoms with Gasteiger partial charge in [0.15, 0.2) is 0 Å². The van der Waals surface area contributed by atoms with Gasteiger partial charge in [-0.3, -0.25) is 0 Å². The highest BCUT2D eigenvalue weighted by Gasteiger charge is 2.30. The highest BCUT2D eigenvalue weighted by molar-refractivity contribution is 7.89. The fraction of sp³-hybridized carbons (Fsp3) is 0.583. The van der Waals surface area contributed by atoms with E-state index in [9.17, 15) is 18.3 Å². The molecule has 0 spiro atoms. The molecule has 1 saturated carbocycles. The largest absolute Gasteiger partial charge is 0.477 e. The summed E-state index contributed by atoms with van der Waals surface area (Å²) in [6, 6.07) is 1.19. The monoisotopic (exact) mass is 318 g/mol. The minimum absolute atomic E-state index is 0.00593. The molecule has 1 aliphatic carbocycles. The van der Waals surface area contributed by atoms with Crippen LogP contribution in [0.25, 0.3) is 0 Å². The zero-order valence-corrected chi connectivity index (χ0v) is 12.3. The molecule has 9 heteroatoms. The molecule has 8 nitrogen and oxygen atoms in total. The number of carbonyl (C=O) groups is 1. The molecular formula is C12H18N2O6S. The molecule has 1 fully saturated rings. The topological polar surface area (TPSA) is 118 Å². The Bertz CT molecular complexity index is 620. The van der Waals surface area contributed by atoms with Crippen LogP contribution in [0.15, 0.2) is 17.2 Å². The van der Waals surface area contributed by atoms with Gasteiger partial charge in [0.05, 0.1) is 12.7 Å². The van der Waals surface area contributed by atoms with E-state index in [4.69, 9.17) is 9.84 Å². The maximum Gasteiger partial charge on any atom is 0.352 e. The van der Waals surface area contributed by atoms with Crippen molar-refractivity contribution in [3.8, 4) is 0 Å². The van der Waals surface area contributed by atoms with Gasteiger partial charge in [-0.05, 0) is 18.9 Å². The lowest BCUT2D eigenvalue weighted by Gasteiger charge is -2.10. The lowest BCUT2D eigenvalue weighted by Crippen LogP contribution is -2.34. The molecule has 1 aromatic heterocycles. The standard InChI is InChI=1S/C12H18N2O6S/c1-20-7-9(15)5-13-21(18,19)10-4-11(12(16)17)14(6-10)8-2-3-8/h4,6,8-9,13,15H,2-3,5,7H2,1H3,(H,16,17). The van der Waals surface area contributed by atoms with Crippen LogP contribution >= 0.6 is 0 Å². The summed E-state index contributed by atoms with van der Waals surface area (Å²) < 4.78 is 32.6. The zero-order chi connectivity index (χ0) is 15.6. The van der Waals surface area contributed by atoms with Crippen molar-refractivity contribution in [2.45, 2.75) is 29.9 Å². The van der Waals surface area contributed by atoms with Gasteiger partial charge in [0, 0.05) is 25.9 Å². The summed E-state index contributed by atoms with van der Waals surface area (Å²) in [4.78, 5) is 11.0. The quantitative estimate of drug-likeness (QED) is 0.611. The Morgan fingerprint density at radius 3 is 2.76 bits per heavy atom. The van der Waals surface area contributed by atoms with Gasteiger partial charge in [0.25, 0.3) is 0 Å². The number of sulfonamides is 1. The first-order chi connectivity index (χ1) is 9.85. The van der Waals surface area contributed by atoms with Crippen molar-refractivity contribution < 1.29 is 28.2 Å². The predicted octanol–water partition coefficient (Wildman–Crippen LogP) is -0.193. The maximum atomic E-state index is 12.1. The van der Waals surface area contributed by atoms with E-state index in [0.29, 0.717) is 0 Å². The average Bonchev–Trinajstić information content (AvgIpc) is 3.14. The number of nitrogens with zero attached hydrogens (tertiary/aromatic N) is 1. The average molecular weight is 318 g/mol. The highest BCUT2D eigenvalue weighted by atomic mass is 32.2. The van der Waals surface area contributed by atoms with Crippen LogP contribution in [0.1, 0.15) is 29.4 Å². The van der Waals surface area contributed by atoms with Gasteiger partial charge in [-0.2, -0.15) is 0 Å². The molecule has 118 valence electrons. The first kappa shape index (κ1) is 16.0. The number of nitrogens with one attached hydrogen (secondary N) is 1. The van der Waals surface area contributed by atoms with E-state index in [1.807, 2.05) is 0 Å². The molecule has 1 aromatic rings. The van der Waals surface area contributed by atoms with E-state index >= 15 is 0 Å². The van der Waals surface area contributed by atoms with Gasteiger partial charge in [0.1, 0.15) is 10.6 Å². The molecule has 1 aliphatic rings. The molecule has 0 amide bonds. The van der Waals surface area contributed by atoms with E-state index in [0.717, 1.165) is 18.9 Å². The van der Waals surface area contributed by atoms with Crippen molar-refractivity contribution in [2.24, 2.45) is 0 Å². The van der Waals surface area contributed by atoms with Crippen LogP contribution in [0.4, 0.5) is 0 Å². The van der Waals surface area contributed by atoms with Crippen molar-refractivity contribution in [1.29, 1.82) is 0 Å². The number of hydrogen-bond acceptors (Lipinski definition) is 5. The molecule has 0 aliphatic heterocycles. The summed E-state index contributed by atoms with van der Waals surface area (Å²) in [5.74, 6) is -1.16. The third kappa shape index (κ3) is 3.82. The van der Waals surface area contributed by atoms with Crippen LogP contribution < -0.4 is 4.72 Å². The molecule has 21 heavy (non-hydrogen) atoms. The number of methoxy groups -OCH3 is 1. The third-order valence-corrected chi connectivity index (χ3v) is 4.55. The maximum absolute atomic E-state index is 12.1. The second-order valence-corrected chi connectivity index (χ2v) is 6.73. The number of carboxylic acids is 1. The van der Waals surface area contributed by atoms with E-state index in [1.54, 1.807) is 0 Å². The predicted molar refractivity (Wildman–Crippen MR) is 72.7 cm³/mol. The fourth-order valence-corrected chi connectivity index (χ4v) is 3.07. The minimum Gasteiger partial charge on any atom is -0.477 e. The van der Waals surface area contributed by atoms with E-state index in [1.165, 1.54) is 17.9 Å². The van der Waals surface area contributed by atoms with Crippen molar-refractivity contribution >= 4 is 16.0 Å². The second-order valence-electron chi connectivity index (χ2n) is 4.97. The van der Waals surface area contributed by atoms with Crippen molar-refractivity contribution in [3.05, 3.63) is 18.0 Å². The number of rotatable bonds is 8. The molecule has 1 atom stereocenters. The van der Waals surface area contributed by atoms with Crippen LogP contribution in [0.3, 0.4) is 0 Å². The van der Waals surface area contributed by atoms with Crippen LogP contribution in [0, 0.1) is 0 Å². The molecule has 0 bridgehead atoms. The van der Waals surface area contributed by atoms with Gasteiger partial charge >= 0.3 is 5.97 Å². The Balaban J connectivity index is 2.16. The molecule has 0 aromatic carbocycles. The summed E-state index contributed by atoms with van der Waals surface area (Å²) in [5.41, 5.74) is -0.0460. The van der Waals surface area contributed by atoms with Gasteiger partial charge in [-0.25, -0.2) is 17.9 Å². The Kier molecular flexibility index (Phi) is 4.67. The molecule has 1 unspecified atom stereocenters. The van der Waals surface area contributed by atoms with Crippen molar-refractivity contribution in [1.82, 2.24) is 9.29 Å². The normalized spacial score (nSPS) is 16.9. The molecule has 0 saturated heterocycles. The first-order valence-electron chi connectivity index (χ1n) is 6.47. The zero-order valence-electron chi connectivity index (χ0n) is 11.5. The number of aliphatic hydroxyl groups excluding tert-OH is 1.